The van der Waals surface area contributed by atoms with E-state index >= 15 is 0 Å². The lowest BCUT2D eigenvalue weighted by Crippen LogP contribution is -2.35. The van der Waals surface area contributed by atoms with Crippen molar-refractivity contribution in [2.45, 2.75) is 26.8 Å². The Morgan fingerprint density at radius 1 is 1.62 bits per heavy atom. The Hall–Kier alpha value is -1.03. The predicted molar refractivity (Wildman–Crippen MR) is 54.9 cm³/mol. The van der Waals surface area contributed by atoms with Crippen LogP contribution in [0.3, 0.4) is 0 Å². The van der Waals surface area contributed by atoms with Gasteiger partial charge in [-0.25, -0.2) is 0 Å². The Bertz CT molecular complexity index is 254. The molecule has 1 heterocycles. The second kappa shape index (κ2) is 4.28. The third kappa shape index (κ3) is 2.21. The molecule has 0 aliphatic heterocycles. The zero-order chi connectivity index (χ0) is 9.84. The molecule has 0 amide bonds. The standard InChI is InChI=1S/C9H18N4/c1-7(2)13(5-4-10)9-6-11-12-8(9)3/h6-7H,4-5,10H2,1-3H3,(H,11,12). The zero-order valence-electron chi connectivity index (χ0n) is 8.54. The molecule has 13 heavy (non-hydrogen) atoms. The largest absolute Gasteiger partial charge is 0.365 e. The van der Waals surface area contributed by atoms with Gasteiger partial charge in [0, 0.05) is 19.1 Å². The fourth-order valence-corrected chi connectivity index (χ4v) is 1.43. The van der Waals surface area contributed by atoms with E-state index in [1.807, 2.05) is 13.1 Å². The lowest BCUT2D eigenvalue weighted by Gasteiger charge is -2.27. The maximum absolute atomic E-state index is 5.55. The van der Waals surface area contributed by atoms with Crippen molar-refractivity contribution in [3.05, 3.63) is 11.9 Å². The first kappa shape index (κ1) is 10.1. The van der Waals surface area contributed by atoms with Gasteiger partial charge in [0.25, 0.3) is 0 Å². The summed E-state index contributed by atoms with van der Waals surface area (Å²) in [5.74, 6) is 0. The van der Waals surface area contributed by atoms with Gasteiger partial charge in [0.05, 0.1) is 17.6 Å². The highest BCUT2D eigenvalue weighted by molar-refractivity contribution is 5.49. The average molecular weight is 182 g/mol. The van der Waals surface area contributed by atoms with Crippen LogP contribution in [0.4, 0.5) is 5.69 Å². The van der Waals surface area contributed by atoms with E-state index < -0.39 is 0 Å². The van der Waals surface area contributed by atoms with Crippen LogP contribution in [-0.4, -0.2) is 29.3 Å². The van der Waals surface area contributed by atoms with Gasteiger partial charge in [-0.05, 0) is 20.8 Å². The van der Waals surface area contributed by atoms with Crippen molar-refractivity contribution in [1.82, 2.24) is 10.2 Å². The Labute approximate surface area is 79.1 Å². The summed E-state index contributed by atoms with van der Waals surface area (Å²) in [7, 11) is 0. The molecule has 0 aliphatic carbocycles. The lowest BCUT2D eigenvalue weighted by molar-refractivity contribution is 0.682. The molecule has 3 N–H and O–H groups in total. The minimum atomic E-state index is 0.458. The molecule has 1 aromatic heterocycles. The van der Waals surface area contributed by atoms with Crippen molar-refractivity contribution in [3.8, 4) is 0 Å². The fraction of sp³-hybridized carbons (Fsp3) is 0.667. The molecule has 1 aromatic rings. The normalized spacial score (nSPS) is 10.8. The quantitative estimate of drug-likeness (QED) is 0.727. The molecule has 0 fully saturated rings. The maximum atomic E-state index is 5.55. The van der Waals surface area contributed by atoms with E-state index in [9.17, 15) is 0 Å². The number of aromatic nitrogens is 2. The van der Waals surface area contributed by atoms with Crippen molar-refractivity contribution < 1.29 is 0 Å². The number of H-pyrrole nitrogens is 1. The Kier molecular flexibility index (Phi) is 3.31. The molecule has 1 rings (SSSR count). The molecule has 0 saturated heterocycles. The fourth-order valence-electron chi connectivity index (χ4n) is 1.43. The molecule has 0 atom stereocenters. The summed E-state index contributed by atoms with van der Waals surface area (Å²) in [4.78, 5) is 2.25. The number of hydrogen-bond donors (Lipinski definition) is 2. The number of anilines is 1. The van der Waals surface area contributed by atoms with E-state index in [1.165, 1.54) is 0 Å². The number of nitrogens with zero attached hydrogens (tertiary/aromatic N) is 2. The second-order valence-electron chi connectivity index (χ2n) is 3.46. The molecule has 4 heteroatoms. The van der Waals surface area contributed by atoms with E-state index in [2.05, 4.69) is 28.9 Å². The minimum Gasteiger partial charge on any atom is -0.365 e. The number of nitrogens with one attached hydrogen (secondary N) is 1. The smallest absolute Gasteiger partial charge is 0.0782 e. The van der Waals surface area contributed by atoms with Gasteiger partial charge in [-0.15, -0.1) is 0 Å². The Morgan fingerprint density at radius 3 is 2.69 bits per heavy atom. The summed E-state index contributed by atoms with van der Waals surface area (Å²) in [5.41, 5.74) is 7.80. The van der Waals surface area contributed by atoms with Crippen LogP contribution in [0.5, 0.6) is 0 Å². The molecule has 4 nitrogen and oxygen atoms in total. The number of aromatic amines is 1. The van der Waals surface area contributed by atoms with Crippen LogP contribution in [0.1, 0.15) is 19.5 Å². The SMILES string of the molecule is Cc1[nH]ncc1N(CCN)C(C)C. The van der Waals surface area contributed by atoms with Crippen molar-refractivity contribution in [2.24, 2.45) is 5.73 Å². The average Bonchev–Trinajstić information content (AvgIpc) is 2.47. The summed E-state index contributed by atoms with van der Waals surface area (Å²) in [5, 5.41) is 6.93. The molecule has 0 aromatic carbocycles. The van der Waals surface area contributed by atoms with Crippen molar-refractivity contribution >= 4 is 5.69 Å². The van der Waals surface area contributed by atoms with Crippen LogP contribution in [-0.2, 0) is 0 Å². The number of rotatable bonds is 4. The van der Waals surface area contributed by atoms with E-state index in [0.29, 0.717) is 12.6 Å². The summed E-state index contributed by atoms with van der Waals surface area (Å²) in [6, 6.07) is 0.458. The molecular formula is C9H18N4. The molecule has 0 spiro atoms. The Balaban J connectivity index is 2.82. The first-order valence-electron chi connectivity index (χ1n) is 4.63. The summed E-state index contributed by atoms with van der Waals surface area (Å²) in [6.45, 7) is 7.87. The first-order chi connectivity index (χ1) is 6.16. The molecular weight excluding hydrogens is 164 g/mol. The van der Waals surface area contributed by atoms with Crippen LogP contribution in [0.2, 0.25) is 0 Å². The van der Waals surface area contributed by atoms with E-state index in [-0.39, 0.29) is 0 Å². The lowest BCUT2D eigenvalue weighted by atomic mass is 10.2. The summed E-state index contributed by atoms with van der Waals surface area (Å²) < 4.78 is 0. The van der Waals surface area contributed by atoms with Gasteiger partial charge >= 0.3 is 0 Å². The third-order valence-electron chi connectivity index (χ3n) is 2.11. The van der Waals surface area contributed by atoms with Gasteiger partial charge in [-0.3, -0.25) is 5.10 Å². The Morgan fingerprint density at radius 2 is 2.31 bits per heavy atom. The predicted octanol–water partition coefficient (Wildman–Crippen LogP) is 0.892. The molecule has 0 aliphatic rings. The molecule has 0 radical (unpaired) electrons. The topological polar surface area (TPSA) is 57.9 Å². The van der Waals surface area contributed by atoms with Gasteiger partial charge in [0.15, 0.2) is 0 Å². The van der Waals surface area contributed by atoms with E-state index in [1.54, 1.807) is 0 Å². The number of nitrogens with two attached hydrogens (primary N) is 1. The van der Waals surface area contributed by atoms with Crippen LogP contribution < -0.4 is 10.6 Å². The highest BCUT2D eigenvalue weighted by atomic mass is 15.2. The highest BCUT2D eigenvalue weighted by Gasteiger charge is 2.12. The monoisotopic (exact) mass is 182 g/mol. The summed E-state index contributed by atoms with van der Waals surface area (Å²) >= 11 is 0. The third-order valence-corrected chi connectivity index (χ3v) is 2.11. The molecule has 74 valence electrons. The van der Waals surface area contributed by atoms with Crippen molar-refractivity contribution in [2.75, 3.05) is 18.0 Å². The van der Waals surface area contributed by atoms with Crippen LogP contribution in [0.15, 0.2) is 6.20 Å². The molecule has 0 bridgehead atoms. The number of aryl methyl sites for hydroxylation is 1. The van der Waals surface area contributed by atoms with Crippen LogP contribution in [0.25, 0.3) is 0 Å². The molecule has 0 saturated carbocycles. The van der Waals surface area contributed by atoms with Gasteiger partial charge in [0.2, 0.25) is 0 Å². The van der Waals surface area contributed by atoms with Crippen molar-refractivity contribution in [1.29, 1.82) is 0 Å². The van der Waals surface area contributed by atoms with Crippen LogP contribution >= 0.6 is 0 Å². The minimum absolute atomic E-state index is 0.458. The summed E-state index contributed by atoms with van der Waals surface area (Å²) in [6.07, 6.45) is 1.85. The van der Waals surface area contributed by atoms with E-state index in [4.69, 9.17) is 5.73 Å². The first-order valence-corrected chi connectivity index (χ1v) is 4.63. The maximum Gasteiger partial charge on any atom is 0.0782 e. The van der Waals surface area contributed by atoms with Gasteiger partial charge in [0.1, 0.15) is 0 Å². The van der Waals surface area contributed by atoms with E-state index in [0.717, 1.165) is 17.9 Å². The van der Waals surface area contributed by atoms with Gasteiger partial charge in [-0.1, -0.05) is 0 Å². The van der Waals surface area contributed by atoms with Crippen molar-refractivity contribution in [3.63, 3.8) is 0 Å². The number of hydrogen-bond acceptors (Lipinski definition) is 3. The second-order valence-corrected chi connectivity index (χ2v) is 3.46. The van der Waals surface area contributed by atoms with Crippen LogP contribution in [0, 0.1) is 6.92 Å². The zero-order valence-corrected chi connectivity index (χ0v) is 8.54. The van der Waals surface area contributed by atoms with Gasteiger partial charge in [-0.2, -0.15) is 5.10 Å². The highest BCUT2D eigenvalue weighted by Crippen LogP contribution is 2.18. The molecule has 0 unspecified atom stereocenters. The van der Waals surface area contributed by atoms with Gasteiger partial charge < -0.3 is 10.6 Å².